The number of unbranched alkanes of at least 4 members (excludes halogenated alkanes) is 2. The third-order valence-corrected chi connectivity index (χ3v) is 4.79. The molecule has 0 aromatic heterocycles. The second-order valence-corrected chi connectivity index (χ2v) is 6.71. The third-order valence-electron chi connectivity index (χ3n) is 1.58. The van der Waals surface area contributed by atoms with Gasteiger partial charge in [-0.2, -0.15) is 0 Å². The molecule has 0 spiro atoms. The Hall–Kier alpha value is 1.86. The monoisotopic (exact) mass is 318 g/mol. The van der Waals surface area contributed by atoms with Crippen LogP contribution in [-0.2, 0) is 13.9 Å². The van der Waals surface area contributed by atoms with Gasteiger partial charge in [-0.05, 0) is 6.42 Å². The Morgan fingerprint density at radius 1 is 1.24 bits per heavy atom. The van der Waals surface area contributed by atoms with Crippen molar-refractivity contribution in [3.8, 4) is 0 Å². The predicted octanol–water partition coefficient (Wildman–Crippen LogP) is -3.62. The summed E-state index contributed by atoms with van der Waals surface area (Å²) in [7, 11) is -10.2. The maximum absolute atomic E-state index is 10.7. The summed E-state index contributed by atoms with van der Waals surface area (Å²) in [5.41, 5.74) is -2.44. The van der Waals surface area contributed by atoms with Crippen molar-refractivity contribution in [2.45, 2.75) is 31.8 Å². The van der Waals surface area contributed by atoms with Crippen LogP contribution in [0.4, 0.5) is 0 Å². The molecule has 0 rings (SSSR count). The molecular weight excluding hydrogens is 301 g/mol. The van der Waals surface area contributed by atoms with Gasteiger partial charge in [-0.25, -0.2) is 0 Å². The molecule has 0 saturated carbocycles. The van der Waals surface area contributed by atoms with E-state index >= 15 is 0 Å². The zero-order chi connectivity index (χ0) is 12.1. The van der Waals surface area contributed by atoms with Gasteiger partial charge < -0.3 is 34.4 Å². The second kappa shape index (κ2) is 10.6. The van der Waals surface area contributed by atoms with E-state index in [9.17, 15) is 14.0 Å². The summed E-state index contributed by atoms with van der Waals surface area (Å²) in [6.07, 6.45) is 2.09. The summed E-state index contributed by atoms with van der Waals surface area (Å²) < 4.78 is 25.8. The minimum absolute atomic E-state index is 0. The molecule has 0 bridgehead atoms. The van der Waals surface area contributed by atoms with Crippen LogP contribution < -0.4 is 56.3 Å². The van der Waals surface area contributed by atoms with Crippen molar-refractivity contribution >= 4 is 15.2 Å². The van der Waals surface area contributed by atoms with Gasteiger partial charge in [0, 0.05) is 6.61 Å². The van der Waals surface area contributed by atoms with E-state index in [1.807, 2.05) is 6.92 Å². The molecule has 17 heavy (non-hydrogen) atoms. The predicted molar refractivity (Wildman–Crippen MR) is 54.7 cm³/mol. The van der Waals surface area contributed by atoms with E-state index < -0.39 is 20.8 Å². The van der Waals surface area contributed by atoms with E-state index in [1.165, 1.54) is 0 Å². The van der Waals surface area contributed by atoms with Crippen LogP contribution >= 0.6 is 15.2 Å². The zero-order valence-corrected chi connectivity index (χ0v) is 14.7. The number of rotatable bonds is 7. The Labute approximate surface area is 142 Å². The van der Waals surface area contributed by atoms with E-state index in [0.29, 0.717) is 6.42 Å². The molecule has 0 aliphatic heterocycles. The van der Waals surface area contributed by atoms with Crippen molar-refractivity contribution < 1.29 is 90.3 Å². The molecule has 0 fully saturated rings. The minimum Gasteiger partial charge on any atom is -0.776 e. The van der Waals surface area contributed by atoms with Crippen molar-refractivity contribution in [2.24, 2.45) is 0 Å². The maximum atomic E-state index is 10.7. The van der Waals surface area contributed by atoms with Crippen LogP contribution in [0.5, 0.6) is 0 Å². The van der Waals surface area contributed by atoms with E-state index in [4.69, 9.17) is 14.7 Å². The van der Waals surface area contributed by atoms with Gasteiger partial charge in [-0.15, -0.1) is 0 Å². The first-order valence-electron chi connectivity index (χ1n) is 4.40. The average Bonchev–Trinajstić information content (AvgIpc) is 1.99. The molecule has 0 aromatic rings. The van der Waals surface area contributed by atoms with Crippen LogP contribution in [0.3, 0.4) is 0 Å². The van der Waals surface area contributed by atoms with Gasteiger partial charge in [-0.3, -0.25) is 4.57 Å². The third kappa shape index (κ3) is 11.4. The molecular formula is C6H17KO8P2. The van der Waals surface area contributed by atoms with Crippen molar-refractivity contribution in [3.63, 3.8) is 0 Å². The molecule has 2 unspecified atom stereocenters. The van der Waals surface area contributed by atoms with Gasteiger partial charge in [0.15, 0.2) is 7.60 Å². The molecule has 100 valence electrons. The summed E-state index contributed by atoms with van der Waals surface area (Å²) in [5.74, 6) is 0. The van der Waals surface area contributed by atoms with Gasteiger partial charge in [-0.1, -0.05) is 19.8 Å². The standard InChI is InChI=1S/C6H16O7P2.K.H2O/c1-2-3-4-5-13-6(14(7,8)9)15(10,11)12;;/h6H,2-5H2,1H3,(H2,7,8,9)(H2,10,11,12);;1H2/q;+1;/p-1. The van der Waals surface area contributed by atoms with Crippen molar-refractivity contribution in [2.75, 3.05) is 6.61 Å². The van der Waals surface area contributed by atoms with Gasteiger partial charge in [0.25, 0.3) is 0 Å². The fourth-order valence-electron chi connectivity index (χ4n) is 0.922. The largest absolute Gasteiger partial charge is 1.00 e. The Kier molecular flexibility index (Phi) is 14.9. The fourth-order valence-corrected chi connectivity index (χ4v) is 3.04. The SMILES string of the molecule is CCCCCOC(P(=O)([O-])O)P(=O)(O)O.O.[K+]. The Bertz CT molecular complexity index is 251. The smallest absolute Gasteiger partial charge is 0.776 e. The number of hydrogen-bond acceptors (Lipinski definition) is 4. The molecule has 0 aliphatic rings. The fraction of sp³-hybridized carbons (Fsp3) is 1.00. The first-order valence-corrected chi connectivity index (χ1v) is 7.72. The topological polar surface area (TPSA) is 159 Å². The normalized spacial score (nSPS) is 16.3. The maximum Gasteiger partial charge on any atom is 1.00 e. The van der Waals surface area contributed by atoms with E-state index in [1.54, 1.807) is 0 Å². The van der Waals surface area contributed by atoms with Crippen LogP contribution in [0.2, 0.25) is 0 Å². The van der Waals surface area contributed by atoms with Gasteiger partial charge in [0.1, 0.15) is 0 Å². The molecule has 0 aromatic carbocycles. The van der Waals surface area contributed by atoms with Crippen LogP contribution in [-0.4, -0.2) is 32.3 Å². The second-order valence-electron chi connectivity index (χ2n) is 3.06. The number of hydrogen-bond donors (Lipinski definition) is 3. The Balaban J connectivity index is -0.000000980. The van der Waals surface area contributed by atoms with Gasteiger partial charge in [0.2, 0.25) is 5.59 Å². The quantitative estimate of drug-likeness (QED) is 0.248. The minimum atomic E-state index is -5.18. The summed E-state index contributed by atoms with van der Waals surface area (Å²) >= 11 is 0. The van der Waals surface area contributed by atoms with Crippen molar-refractivity contribution in [1.29, 1.82) is 0 Å². The molecule has 8 nitrogen and oxygen atoms in total. The molecule has 0 radical (unpaired) electrons. The molecule has 2 atom stereocenters. The molecule has 0 amide bonds. The zero-order valence-electron chi connectivity index (χ0n) is 9.77. The Morgan fingerprint density at radius 2 is 1.71 bits per heavy atom. The summed E-state index contributed by atoms with van der Waals surface area (Å²) in [6.45, 7) is 1.79. The van der Waals surface area contributed by atoms with Crippen LogP contribution in [0, 0.1) is 0 Å². The molecule has 0 aliphatic carbocycles. The molecule has 0 heterocycles. The summed E-state index contributed by atoms with van der Waals surface area (Å²) in [5, 5.41) is 0. The summed E-state index contributed by atoms with van der Waals surface area (Å²) in [6, 6.07) is 0. The molecule has 11 heteroatoms. The first kappa shape index (κ1) is 23.9. The van der Waals surface area contributed by atoms with Crippen LogP contribution in [0.1, 0.15) is 26.2 Å². The van der Waals surface area contributed by atoms with E-state index in [2.05, 4.69) is 4.74 Å². The van der Waals surface area contributed by atoms with E-state index in [-0.39, 0.29) is 63.5 Å². The van der Waals surface area contributed by atoms with Gasteiger partial charge >= 0.3 is 59.0 Å². The van der Waals surface area contributed by atoms with Crippen molar-refractivity contribution in [3.05, 3.63) is 0 Å². The average molecular weight is 318 g/mol. The molecule has 5 N–H and O–H groups in total. The van der Waals surface area contributed by atoms with Gasteiger partial charge in [0.05, 0.1) is 0 Å². The molecule has 0 saturated heterocycles. The van der Waals surface area contributed by atoms with Crippen LogP contribution in [0.15, 0.2) is 0 Å². The summed E-state index contributed by atoms with van der Waals surface area (Å²) in [4.78, 5) is 36.4. The van der Waals surface area contributed by atoms with E-state index in [0.717, 1.165) is 12.8 Å². The first-order chi connectivity index (χ1) is 6.69. The van der Waals surface area contributed by atoms with Crippen LogP contribution in [0.25, 0.3) is 0 Å². The number of ether oxygens (including phenoxy) is 1. The Morgan fingerprint density at radius 3 is 2.00 bits per heavy atom. The van der Waals surface area contributed by atoms with Crippen molar-refractivity contribution in [1.82, 2.24) is 0 Å².